The van der Waals surface area contributed by atoms with Gasteiger partial charge in [-0.25, -0.2) is 9.59 Å². The van der Waals surface area contributed by atoms with Gasteiger partial charge >= 0.3 is 11.9 Å². The second-order valence-electron chi connectivity index (χ2n) is 4.47. The van der Waals surface area contributed by atoms with Crippen molar-refractivity contribution in [1.29, 1.82) is 0 Å². The standard InChI is InChI=1S/C14H7NO6/c16-11-7-4-8(14(20)21)9-5(10(7)12(17)15-11)2-1-3-6(9)13(18)19/h1-4H,(H,18,19)(H,20,21)(H,15,16,17). The highest BCUT2D eigenvalue weighted by molar-refractivity contribution is 6.29. The third kappa shape index (κ3) is 1.68. The minimum Gasteiger partial charge on any atom is -0.478 e. The molecule has 0 unspecified atom stereocenters. The molecule has 0 aliphatic carbocycles. The van der Waals surface area contributed by atoms with E-state index in [1.807, 2.05) is 0 Å². The van der Waals surface area contributed by atoms with Crippen molar-refractivity contribution in [3.8, 4) is 0 Å². The molecule has 0 aromatic heterocycles. The summed E-state index contributed by atoms with van der Waals surface area (Å²) in [6, 6.07) is 5.10. The molecule has 0 bridgehead atoms. The van der Waals surface area contributed by atoms with Crippen LogP contribution in [0.1, 0.15) is 41.4 Å². The fourth-order valence-electron chi connectivity index (χ4n) is 2.49. The molecule has 0 saturated carbocycles. The molecule has 7 nitrogen and oxygen atoms in total. The summed E-state index contributed by atoms with van der Waals surface area (Å²) in [4.78, 5) is 46.1. The Morgan fingerprint density at radius 3 is 2.24 bits per heavy atom. The lowest BCUT2D eigenvalue weighted by Crippen LogP contribution is -2.20. The van der Waals surface area contributed by atoms with Crippen LogP contribution in [0.4, 0.5) is 0 Å². The number of carbonyl (C=O) groups excluding carboxylic acids is 2. The van der Waals surface area contributed by atoms with Crippen LogP contribution >= 0.6 is 0 Å². The summed E-state index contributed by atoms with van der Waals surface area (Å²) < 4.78 is 0. The lowest BCUT2D eigenvalue weighted by molar-refractivity contribution is 0.0695. The first-order valence-electron chi connectivity index (χ1n) is 5.84. The van der Waals surface area contributed by atoms with E-state index in [4.69, 9.17) is 0 Å². The summed E-state index contributed by atoms with van der Waals surface area (Å²) in [5, 5.41) is 20.6. The topological polar surface area (TPSA) is 121 Å². The van der Waals surface area contributed by atoms with E-state index < -0.39 is 23.8 Å². The van der Waals surface area contributed by atoms with Crippen LogP contribution in [0.15, 0.2) is 24.3 Å². The third-order valence-electron chi connectivity index (χ3n) is 3.32. The zero-order valence-corrected chi connectivity index (χ0v) is 10.3. The number of fused-ring (bicyclic) bond motifs is 3. The summed E-state index contributed by atoms with van der Waals surface area (Å²) in [5.74, 6) is -4.05. The fraction of sp³-hybridized carbons (Fsp3) is 0. The molecular formula is C14H7NO6. The number of hydrogen-bond acceptors (Lipinski definition) is 4. The monoisotopic (exact) mass is 285 g/mol. The van der Waals surface area contributed by atoms with Crippen LogP contribution in [0.25, 0.3) is 10.8 Å². The number of carboxylic acid groups (broad SMARTS) is 2. The maximum atomic E-state index is 11.8. The molecule has 3 rings (SSSR count). The van der Waals surface area contributed by atoms with Crippen LogP contribution in [0, 0.1) is 0 Å². The number of amides is 2. The summed E-state index contributed by atoms with van der Waals surface area (Å²) in [6.45, 7) is 0. The van der Waals surface area contributed by atoms with Crippen LogP contribution < -0.4 is 5.32 Å². The Kier molecular flexibility index (Phi) is 2.52. The molecule has 0 spiro atoms. The van der Waals surface area contributed by atoms with E-state index in [0.29, 0.717) is 0 Å². The Bertz CT molecular complexity index is 867. The van der Waals surface area contributed by atoms with Crippen molar-refractivity contribution in [2.45, 2.75) is 0 Å². The Balaban J connectivity index is 2.57. The molecule has 7 heteroatoms. The van der Waals surface area contributed by atoms with Gasteiger partial charge in [-0.2, -0.15) is 0 Å². The van der Waals surface area contributed by atoms with Gasteiger partial charge in [-0.05, 0) is 17.5 Å². The summed E-state index contributed by atoms with van der Waals surface area (Å²) in [5.41, 5.74) is -0.623. The predicted molar refractivity (Wildman–Crippen MR) is 69.7 cm³/mol. The quantitative estimate of drug-likeness (QED) is 0.711. The van der Waals surface area contributed by atoms with Crippen molar-refractivity contribution in [1.82, 2.24) is 5.32 Å². The molecule has 0 saturated heterocycles. The molecule has 0 atom stereocenters. The number of rotatable bonds is 2. The molecule has 1 aliphatic rings. The lowest BCUT2D eigenvalue weighted by Gasteiger charge is -2.09. The van der Waals surface area contributed by atoms with E-state index in [1.165, 1.54) is 18.2 Å². The van der Waals surface area contributed by atoms with Gasteiger partial charge in [-0.1, -0.05) is 12.1 Å². The zero-order valence-electron chi connectivity index (χ0n) is 10.3. The van der Waals surface area contributed by atoms with Crippen LogP contribution in [-0.2, 0) is 0 Å². The van der Waals surface area contributed by atoms with E-state index in [1.54, 1.807) is 0 Å². The van der Waals surface area contributed by atoms with Gasteiger partial charge < -0.3 is 10.2 Å². The Morgan fingerprint density at radius 2 is 1.62 bits per heavy atom. The van der Waals surface area contributed by atoms with Crippen molar-refractivity contribution in [2.75, 3.05) is 0 Å². The van der Waals surface area contributed by atoms with Gasteiger partial charge in [-0.3, -0.25) is 14.9 Å². The van der Waals surface area contributed by atoms with Crippen molar-refractivity contribution >= 4 is 34.5 Å². The summed E-state index contributed by atoms with van der Waals surface area (Å²) in [6.07, 6.45) is 0. The number of carbonyl (C=O) groups is 4. The Morgan fingerprint density at radius 1 is 0.952 bits per heavy atom. The SMILES string of the molecule is O=C1NC(=O)c2c1cc(C(=O)O)c1c(C(=O)O)cccc21. The summed E-state index contributed by atoms with van der Waals surface area (Å²) >= 11 is 0. The number of carboxylic acids is 2. The van der Waals surface area contributed by atoms with Crippen LogP contribution in [-0.4, -0.2) is 34.0 Å². The van der Waals surface area contributed by atoms with Gasteiger partial charge in [0.05, 0.1) is 22.3 Å². The molecular weight excluding hydrogens is 278 g/mol. The predicted octanol–water partition coefficient (Wildman–Crippen LogP) is 1.12. The summed E-state index contributed by atoms with van der Waals surface area (Å²) in [7, 11) is 0. The molecule has 2 amide bonds. The Labute approximate surface area is 116 Å². The largest absolute Gasteiger partial charge is 0.478 e. The van der Waals surface area contributed by atoms with Crippen LogP contribution in [0.5, 0.6) is 0 Å². The minimum atomic E-state index is -1.37. The molecule has 104 valence electrons. The highest BCUT2D eigenvalue weighted by atomic mass is 16.4. The molecule has 0 fully saturated rings. The minimum absolute atomic E-state index is 0.00287. The van der Waals surface area contributed by atoms with Gasteiger partial charge in [0.15, 0.2) is 0 Å². The van der Waals surface area contributed by atoms with E-state index >= 15 is 0 Å². The average molecular weight is 285 g/mol. The van der Waals surface area contributed by atoms with Gasteiger partial charge in [0, 0.05) is 5.39 Å². The van der Waals surface area contributed by atoms with Gasteiger partial charge in [0.1, 0.15) is 0 Å². The van der Waals surface area contributed by atoms with Gasteiger partial charge in [-0.15, -0.1) is 0 Å². The first-order chi connectivity index (χ1) is 9.91. The Hall–Kier alpha value is -3.22. The van der Waals surface area contributed by atoms with Crippen molar-refractivity contribution in [3.05, 3.63) is 46.5 Å². The van der Waals surface area contributed by atoms with E-state index in [-0.39, 0.29) is 33.0 Å². The zero-order chi connectivity index (χ0) is 15.3. The number of aromatic carboxylic acids is 2. The first-order valence-corrected chi connectivity index (χ1v) is 5.84. The molecule has 21 heavy (non-hydrogen) atoms. The van der Waals surface area contributed by atoms with E-state index in [9.17, 15) is 29.4 Å². The fourth-order valence-corrected chi connectivity index (χ4v) is 2.49. The number of imide groups is 1. The van der Waals surface area contributed by atoms with E-state index in [2.05, 4.69) is 5.32 Å². The van der Waals surface area contributed by atoms with Crippen molar-refractivity contribution in [3.63, 3.8) is 0 Å². The van der Waals surface area contributed by atoms with Gasteiger partial charge in [0.2, 0.25) is 0 Å². The average Bonchev–Trinajstić information content (AvgIpc) is 2.72. The first kappa shape index (κ1) is 12.8. The molecule has 2 aromatic rings. The number of nitrogens with one attached hydrogen (secondary N) is 1. The maximum absolute atomic E-state index is 11.8. The normalized spacial score (nSPS) is 13.1. The highest BCUT2D eigenvalue weighted by Crippen LogP contribution is 2.31. The number of benzene rings is 2. The van der Waals surface area contributed by atoms with E-state index in [0.717, 1.165) is 6.07 Å². The second kappa shape index (κ2) is 4.14. The van der Waals surface area contributed by atoms with Crippen molar-refractivity contribution < 1.29 is 29.4 Å². The van der Waals surface area contributed by atoms with Crippen molar-refractivity contribution in [2.24, 2.45) is 0 Å². The molecule has 1 aliphatic heterocycles. The van der Waals surface area contributed by atoms with Crippen LogP contribution in [0.2, 0.25) is 0 Å². The molecule has 1 heterocycles. The molecule has 0 radical (unpaired) electrons. The smallest absolute Gasteiger partial charge is 0.336 e. The van der Waals surface area contributed by atoms with Crippen LogP contribution in [0.3, 0.4) is 0 Å². The third-order valence-corrected chi connectivity index (χ3v) is 3.32. The molecule has 3 N–H and O–H groups in total. The van der Waals surface area contributed by atoms with Gasteiger partial charge in [0.25, 0.3) is 11.8 Å². The lowest BCUT2D eigenvalue weighted by atomic mass is 9.92. The number of hydrogen-bond donors (Lipinski definition) is 3. The second-order valence-corrected chi connectivity index (χ2v) is 4.47. The highest BCUT2D eigenvalue weighted by Gasteiger charge is 2.32. The maximum Gasteiger partial charge on any atom is 0.336 e. The molecule has 2 aromatic carbocycles.